The smallest absolute Gasteiger partial charge is 0.261 e. The van der Waals surface area contributed by atoms with E-state index in [0.29, 0.717) is 16.2 Å². The Labute approximate surface area is 111 Å². The van der Waals surface area contributed by atoms with Crippen molar-refractivity contribution in [3.63, 3.8) is 0 Å². The van der Waals surface area contributed by atoms with Crippen LogP contribution in [-0.2, 0) is 0 Å². The highest BCUT2D eigenvalue weighted by molar-refractivity contribution is 7.99. The second-order valence-electron chi connectivity index (χ2n) is 3.66. The fraction of sp³-hybridized carbons (Fsp3) is 0.0833. The van der Waals surface area contributed by atoms with E-state index in [9.17, 15) is 8.78 Å². The molecule has 96 valence electrons. The van der Waals surface area contributed by atoms with Crippen molar-refractivity contribution in [2.75, 3.05) is 0 Å². The van der Waals surface area contributed by atoms with E-state index in [2.05, 4.69) is 15.0 Å². The molecule has 0 aliphatic heterocycles. The zero-order valence-corrected chi connectivity index (χ0v) is 10.4. The van der Waals surface area contributed by atoms with Crippen molar-refractivity contribution in [1.82, 2.24) is 19.5 Å². The van der Waals surface area contributed by atoms with Crippen LogP contribution in [0.4, 0.5) is 8.78 Å². The number of nitrogens with zero attached hydrogens (tertiary/aromatic N) is 4. The van der Waals surface area contributed by atoms with Crippen LogP contribution in [0.1, 0.15) is 6.55 Å². The molecule has 2 heterocycles. The van der Waals surface area contributed by atoms with Crippen molar-refractivity contribution in [2.45, 2.75) is 16.9 Å². The van der Waals surface area contributed by atoms with E-state index in [-0.39, 0.29) is 5.16 Å². The average molecular weight is 278 g/mol. The highest BCUT2D eigenvalue weighted by Crippen LogP contribution is 2.31. The molecule has 3 rings (SSSR count). The lowest BCUT2D eigenvalue weighted by Crippen LogP contribution is -2.00. The van der Waals surface area contributed by atoms with Gasteiger partial charge in [-0.15, -0.1) is 0 Å². The first-order valence-electron chi connectivity index (χ1n) is 5.45. The molecule has 1 aromatic carbocycles. The molecule has 0 aliphatic rings. The molecule has 7 heteroatoms. The Morgan fingerprint density at radius 2 is 1.79 bits per heavy atom. The van der Waals surface area contributed by atoms with Crippen molar-refractivity contribution < 1.29 is 8.78 Å². The van der Waals surface area contributed by atoms with Crippen molar-refractivity contribution >= 4 is 22.8 Å². The molecule has 0 atom stereocenters. The summed E-state index contributed by atoms with van der Waals surface area (Å²) in [6.45, 7) is -2.65. The zero-order valence-electron chi connectivity index (χ0n) is 9.57. The lowest BCUT2D eigenvalue weighted by Gasteiger charge is -2.05. The zero-order chi connectivity index (χ0) is 13.2. The predicted molar refractivity (Wildman–Crippen MR) is 67.1 cm³/mol. The molecule has 0 saturated carbocycles. The fourth-order valence-corrected chi connectivity index (χ4v) is 2.51. The summed E-state index contributed by atoms with van der Waals surface area (Å²) < 4.78 is 27.2. The van der Waals surface area contributed by atoms with Crippen LogP contribution >= 0.6 is 11.8 Å². The number of hydrogen-bond acceptors (Lipinski definition) is 4. The second kappa shape index (κ2) is 4.93. The van der Waals surface area contributed by atoms with Gasteiger partial charge in [-0.25, -0.2) is 15.0 Å². The van der Waals surface area contributed by atoms with Gasteiger partial charge in [-0.1, -0.05) is 12.1 Å². The first kappa shape index (κ1) is 12.0. The summed E-state index contributed by atoms with van der Waals surface area (Å²) in [5.41, 5.74) is 0.928. The van der Waals surface area contributed by atoms with Crippen molar-refractivity contribution in [3.05, 3.63) is 42.7 Å². The van der Waals surface area contributed by atoms with E-state index in [4.69, 9.17) is 0 Å². The molecular weight excluding hydrogens is 270 g/mol. The minimum atomic E-state index is -2.65. The lowest BCUT2D eigenvalue weighted by atomic mass is 10.3. The Morgan fingerprint density at radius 3 is 2.53 bits per heavy atom. The molecule has 0 spiro atoms. The Bertz CT molecular complexity index is 699. The van der Waals surface area contributed by atoms with Crippen LogP contribution in [0.25, 0.3) is 11.0 Å². The molecular formula is C12H8F2N4S. The number of imidazole rings is 1. The minimum absolute atomic E-state index is 0.183. The predicted octanol–water partition coefficient (Wildman–Crippen LogP) is 3.37. The lowest BCUT2D eigenvalue weighted by molar-refractivity contribution is 0.0656. The van der Waals surface area contributed by atoms with Gasteiger partial charge in [-0.2, -0.15) is 8.78 Å². The molecule has 0 N–H and O–H groups in total. The average Bonchev–Trinajstić information content (AvgIpc) is 2.77. The number of hydrogen-bond donors (Lipinski definition) is 0. The summed E-state index contributed by atoms with van der Waals surface area (Å²) in [7, 11) is 0. The monoisotopic (exact) mass is 278 g/mol. The third-order valence-electron chi connectivity index (χ3n) is 2.48. The van der Waals surface area contributed by atoms with Crippen LogP contribution in [-0.4, -0.2) is 19.5 Å². The fourth-order valence-electron chi connectivity index (χ4n) is 1.70. The Hall–Kier alpha value is -2.02. The number of alkyl halides is 2. The highest BCUT2D eigenvalue weighted by atomic mass is 32.2. The van der Waals surface area contributed by atoms with Gasteiger partial charge in [0.1, 0.15) is 0 Å². The molecule has 3 aromatic rings. The summed E-state index contributed by atoms with van der Waals surface area (Å²) in [5.74, 6) is 0. The van der Waals surface area contributed by atoms with E-state index in [1.807, 2.05) is 0 Å². The Kier molecular flexibility index (Phi) is 3.12. The van der Waals surface area contributed by atoms with E-state index >= 15 is 0 Å². The van der Waals surface area contributed by atoms with Crippen LogP contribution < -0.4 is 0 Å². The molecule has 0 amide bonds. The van der Waals surface area contributed by atoms with Gasteiger partial charge in [0.25, 0.3) is 0 Å². The summed E-state index contributed by atoms with van der Waals surface area (Å²) in [6, 6.07) is 8.45. The topological polar surface area (TPSA) is 43.6 Å². The van der Waals surface area contributed by atoms with Crippen LogP contribution in [0.15, 0.2) is 53.0 Å². The Balaban J connectivity index is 2.10. The molecule has 2 aromatic heterocycles. The molecule has 0 aliphatic carbocycles. The maximum atomic E-state index is 13.2. The van der Waals surface area contributed by atoms with Gasteiger partial charge < -0.3 is 0 Å². The summed E-state index contributed by atoms with van der Waals surface area (Å²) in [5, 5.41) is 0.571. The van der Waals surface area contributed by atoms with Gasteiger partial charge in [0.2, 0.25) is 0 Å². The molecule has 0 fully saturated rings. The minimum Gasteiger partial charge on any atom is -0.261 e. The van der Waals surface area contributed by atoms with Gasteiger partial charge >= 0.3 is 6.55 Å². The maximum Gasteiger partial charge on any atom is 0.321 e. The summed E-state index contributed by atoms with van der Waals surface area (Å²) in [6.07, 6.45) is 3.12. The van der Waals surface area contributed by atoms with Crippen LogP contribution in [0, 0.1) is 0 Å². The van der Waals surface area contributed by atoms with E-state index in [1.165, 1.54) is 0 Å². The third kappa shape index (κ3) is 2.28. The summed E-state index contributed by atoms with van der Waals surface area (Å²) in [4.78, 5) is 12.2. The third-order valence-corrected chi connectivity index (χ3v) is 3.35. The van der Waals surface area contributed by atoms with Gasteiger partial charge in [0.15, 0.2) is 10.3 Å². The number of benzene rings is 1. The van der Waals surface area contributed by atoms with E-state index < -0.39 is 6.55 Å². The van der Waals surface area contributed by atoms with Crippen LogP contribution in [0.2, 0.25) is 0 Å². The number of para-hydroxylation sites is 2. The van der Waals surface area contributed by atoms with Gasteiger partial charge in [-0.3, -0.25) is 4.57 Å². The van der Waals surface area contributed by atoms with E-state index in [1.54, 1.807) is 42.7 Å². The number of rotatable bonds is 3. The molecule has 19 heavy (non-hydrogen) atoms. The highest BCUT2D eigenvalue weighted by Gasteiger charge is 2.18. The van der Waals surface area contributed by atoms with Crippen LogP contribution in [0.5, 0.6) is 0 Å². The molecule has 4 nitrogen and oxygen atoms in total. The quantitative estimate of drug-likeness (QED) is 0.689. The van der Waals surface area contributed by atoms with Gasteiger partial charge in [-0.05, 0) is 30.0 Å². The largest absolute Gasteiger partial charge is 0.321 e. The molecule has 0 saturated heterocycles. The number of aromatic nitrogens is 4. The molecule has 0 bridgehead atoms. The Morgan fingerprint density at radius 1 is 1.05 bits per heavy atom. The molecule has 0 unspecified atom stereocenters. The first-order valence-corrected chi connectivity index (χ1v) is 6.27. The maximum absolute atomic E-state index is 13.2. The summed E-state index contributed by atoms with van der Waals surface area (Å²) >= 11 is 1.02. The van der Waals surface area contributed by atoms with Gasteiger partial charge in [0, 0.05) is 12.4 Å². The van der Waals surface area contributed by atoms with Crippen molar-refractivity contribution in [3.8, 4) is 0 Å². The SMILES string of the molecule is FC(F)n1c(Sc2ncccn2)nc2ccccc21. The number of fused-ring (bicyclic) bond motifs is 1. The van der Waals surface area contributed by atoms with E-state index in [0.717, 1.165) is 16.3 Å². The van der Waals surface area contributed by atoms with Crippen molar-refractivity contribution in [2.24, 2.45) is 0 Å². The second-order valence-corrected chi connectivity index (χ2v) is 4.60. The standard InChI is InChI=1S/C12H8F2N4S/c13-10(14)18-9-5-2-1-4-8(9)17-12(18)19-11-15-6-3-7-16-11/h1-7,10H. The molecule has 0 radical (unpaired) electrons. The number of halogens is 2. The van der Waals surface area contributed by atoms with Crippen LogP contribution in [0.3, 0.4) is 0 Å². The normalized spacial score (nSPS) is 11.3. The first-order chi connectivity index (χ1) is 9.25. The van der Waals surface area contributed by atoms with Crippen molar-refractivity contribution in [1.29, 1.82) is 0 Å². The van der Waals surface area contributed by atoms with Gasteiger partial charge in [0.05, 0.1) is 11.0 Å².